The number of hydrogen-bond donors (Lipinski definition) is 4. The minimum atomic E-state index is -1.08. The van der Waals surface area contributed by atoms with Crippen LogP contribution in [0.1, 0.15) is 0 Å². The summed E-state index contributed by atoms with van der Waals surface area (Å²) in [5.41, 5.74) is 0.580. The Bertz CT molecular complexity index is 1180. The van der Waals surface area contributed by atoms with Crippen molar-refractivity contribution in [1.29, 1.82) is 0 Å². The summed E-state index contributed by atoms with van der Waals surface area (Å²) in [7, 11) is 0. The van der Waals surface area contributed by atoms with Gasteiger partial charge in [-0.05, 0) is 42.5 Å². The Morgan fingerprint density at radius 1 is 1.16 bits per heavy atom. The van der Waals surface area contributed by atoms with E-state index in [1.807, 2.05) is 0 Å². The zero-order valence-corrected chi connectivity index (χ0v) is 17.5. The summed E-state index contributed by atoms with van der Waals surface area (Å²) in [6.07, 6.45) is 0.437. The fourth-order valence-corrected chi connectivity index (χ4v) is 3.99. The van der Waals surface area contributed by atoms with E-state index in [2.05, 4.69) is 10.6 Å². The summed E-state index contributed by atoms with van der Waals surface area (Å²) in [5.74, 6) is -2.90. The molecule has 166 valence electrons. The van der Waals surface area contributed by atoms with Gasteiger partial charge in [0.1, 0.15) is 12.0 Å². The lowest BCUT2D eigenvalue weighted by molar-refractivity contribution is -0.118. The zero-order valence-electron chi connectivity index (χ0n) is 16.8. The van der Waals surface area contributed by atoms with Crippen molar-refractivity contribution in [3.63, 3.8) is 0 Å². The van der Waals surface area contributed by atoms with Gasteiger partial charge in [0.05, 0.1) is 17.3 Å². The van der Waals surface area contributed by atoms with Crippen LogP contribution < -0.4 is 16.2 Å². The molecule has 1 aliphatic rings. The molecule has 32 heavy (non-hydrogen) atoms. The molecule has 4 atom stereocenters. The number of carbonyl (C=O) groups excluding carboxylic acids is 1. The fourth-order valence-electron chi connectivity index (χ4n) is 3.86. The summed E-state index contributed by atoms with van der Waals surface area (Å²) in [5, 5.41) is 26.1. The Morgan fingerprint density at radius 2 is 1.91 bits per heavy atom. The highest BCUT2D eigenvalue weighted by molar-refractivity contribution is 6.30. The number of amides is 1. The van der Waals surface area contributed by atoms with Crippen LogP contribution in [0.15, 0.2) is 71.7 Å². The normalized spacial score (nSPS) is 20.4. The average Bonchev–Trinajstić information content (AvgIpc) is 3.52. The molecule has 1 unspecified atom stereocenters. The molecule has 1 fully saturated rings. The highest BCUT2D eigenvalue weighted by atomic mass is 35.5. The van der Waals surface area contributed by atoms with Crippen molar-refractivity contribution in [2.45, 2.75) is 6.23 Å². The maximum absolute atomic E-state index is 14.6. The van der Waals surface area contributed by atoms with Gasteiger partial charge in [0, 0.05) is 47.5 Å². The third-order valence-corrected chi connectivity index (χ3v) is 5.83. The number of halogens is 2. The van der Waals surface area contributed by atoms with Crippen molar-refractivity contribution in [3.05, 3.63) is 88.1 Å². The smallest absolute Gasteiger partial charge is 0.255 e. The molecule has 4 rings (SSSR count). The molecule has 0 saturated heterocycles. The van der Waals surface area contributed by atoms with E-state index < -0.39 is 35.7 Å². The molecule has 3 aromatic rings. The molecule has 2 aromatic carbocycles. The van der Waals surface area contributed by atoms with Gasteiger partial charge in [0.15, 0.2) is 0 Å². The van der Waals surface area contributed by atoms with Crippen molar-refractivity contribution in [1.82, 2.24) is 4.57 Å². The topological polar surface area (TPSA) is 104 Å². The van der Waals surface area contributed by atoms with Crippen LogP contribution in [-0.2, 0) is 4.79 Å². The van der Waals surface area contributed by atoms with Crippen LogP contribution in [0.2, 0.25) is 5.02 Å². The van der Waals surface area contributed by atoms with Crippen LogP contribution in [0.5, 0.6) is 0 Å². The number of benzene rings is 2. The van der Waals surface area contributed by atoms with Crippen LogP contribution in [0.25, 0.3) is 5.69 Å². The molecule has 0 aliphatic heterocycles. The minimum Gasteiger partial charge on any atom is -0.396 e. The van der Waals surface area contributed by atoms with E-state index in [9.17, 15) is 24.2 Å². The van der Waals surface area contributed by atoms with E-state index in [-0.39, 0.29) is 17.9 Å². The molecular weight excluding hydrogens is 437 g/mol. The van der Waals surface area contributed by atoms with Gasteiger partial charge in [-0.15, -0.1) is 0 Å². The standard InChI is InChI=1S/C23H21ClFN3O4/c24-13-4-6-14(7-5-13)26-22(31)20-16(12-29)21(20)23(32)27-18-9-8-15(11-17(18)25)28-10-2-1-3-19(28)30/h1-11,16,20-22,26,29,31H,12H2,(H,27,32)/t16-,20-,21+,22?/m0/s1. The molecular formula is C23H21ClFN3O4. The van der Waals surface area contributed by atoms with Gasteiger partial charge in [-0.1, -0.05) is 17.7 Å². The second-order valence-electron chi connectivity index (χ2n) is 7.61. The molecule has 1 aromatic heterocycles. The molecule has 7 nitrogen and oxygen atoms in total. The highest BCUT2D eigenvalue weighted by Crippen LogP contribution is 2.49. The summed E-state index contributed by atoms with van der Waals surface area (Å²) in [4.78, 5) is 24.6. The Hall–Kier alpha value is -3.20. The lowest BCUT2D eigenvalue weighted by atomic mass is 10.2. The molecule has 1 saturated carbocycles. The summed E-state index contributed by atoms with van der Waals surface area (Å²) >= 11 is 5.85. The number of nitrogens with zero attached hydrogens (tertiary/aromatic N) is 1. The second kappa shape index (κ2) is 9.12. The van der Waals surface area contributed by atoms with Crippen molar-refractivity contribution in [2.24, 2.45) is 17.8 Å². The SMILES string of the molecule is O=C(Nc1ccc(-n2ccccc2=O)cc1F)[C@@H]1[C@@H](CO)[C@@H]1C(O)Nc1ccc(Cl)cc1. The first kappa shape index (κ1) is 22.0. The Balaban J connectivity index is 1.44. The van der Waals surface area contributed by atoms with Crippen molar-refractivity contribution in [2.75, 3.05) is 17.2 Å². The van der Waals surface area contributed by atoms with Gasteiger partial charge in [-0.3, -0.25) is 14.2 Å². The third kappa shape index (κ3) is 4.52. The predicted molar refractivity (Wildman–Crippen MR) is 119 cm³/mol. The summed E-state index contributed by atoms with van der Waals surface area (Å²) < 4.78 is 15.9. The molecule has 9 heteroatoms. The van der Waals surface area contributed by atoms with Crippen LogP contribution in [0.4, 0.5) is 15.8 Å². The quantitative estimate of drug-likeness (QED) is 0.408. The van der Waals surface area contributed by atoms with E-state index in [1.54, 1.807) is 36.4 Å². The first-order valence-electron chi connectivity index (χ1n) is 9.98. The van der Waals surface area contributed by atoms with E-state index in [0.717, 1.165) is 6.07 Å². The van der Waals surface area contributed by atoms with Crippen LogP contribution in [0, 0.1) is 23.6 Å². The number of aliphatic hydroxyl groups is 2. The van der Waals surface area contributed by atoms with E-state index in [1.165, 1.54) is 29.0 Å². The number of rotatable bonds is 7. The highest BCUT2D eigenvalue weighted by Gasteiger charge is 2.57. The van der Waals surface area contributed by atoms with Gasteiger partial charge in [0.2, 0.25) is 5.91 Å². The van der Waals surface area contributed by atoms with Gasteiger partial charge in [-0.25, -0.2) is 4.39 Å². The number of carbonyl (C=O) groups is 1. The number of hydrogen-bond acceptors (Lipinski definition) is 5. The lowest BCUT2D eigenvalue weighted by Crippen LogP contribution is -2.25. The maximum Gasteiger partial charge on any atom is 0.255 e. The van der Waals surface area contributed by atoms with Crippen LogP contribution in [0.3, 0.4) is 0 Å². The lowest BCUT2D eigenvalue weighted by Gasteiger charge is -2.15. The number of aromatic nitrogens is 1. The fraction of sp³-hybridized carbons (Fsp3) is 0.217. The van der Waals surface area contributed by atoms with Crippen molar-refractivity contribution in [3.8, 4) is 5.69 Å². The monoisotopic (exact) mass is 457 g/mol. The molecule has 1 amide bonds. The van der Waals surface area contributed by atoms with Crippen molar-refractivity contribution >= 4 is 28.9 Å². The van der Waals surface area contributed by atoms with Crippen LogP contribution in [-0.4, -0.2) is 33.5 Å². The van der Waals surface area contributed by atoms with Crippen LogP contribution >= 0.6 is 11.6 Å². The first-order valence-corrected chi connectivity index (χ1v) is 10.4. The van der Waals surface area contributed by atoms with Gasteiger partial charge >= 0.3 is 0 Å². The van der Waals surface area contributed by atoms with E-state index in [4.69, 9.17) is 11.6 Å². The van der Waals surface area contributed by atoms with E-state index in [0.29, 0.717) is 16.4 Å². The zero-order chi connectivity index (χ0) is 22.8. The Labute approximate surface area is 188 Å². The number of anilines is 2. The van der Waals surface area contributed by atoms with Crippen molar-refractivity contribution < 1.29 is 19.4 Å². The molecule has 1 aliphatic carbocycles. The molecule has 0 bridgehead atoms. The largest absolute Gasteiger partial charge is 0.396 e. The molecule has 1 heterocycles. The predicted octanol–water partition coefficient (Wildman–Crippen LogP) is 2.85. The summed E-state index contributed by atoms with van der Waals surface area (Å²) in [6.45, 7) is -0.291. The molecule has 0 spiro atoms. The minimum absolute atomic E-state index is 0.0507. The first-order chi connectivity index (χ1) is 15.4. The van der Waals surface area contributed by atoms with Gasteiger partial charge in [-0.2, -0.15) is 0 Å². The second-order valence-corrected chi connectivity index (χ2v) is 8.04. The number of aliphatic hydroxyl groups excluding tert-OH is 2. The third-order valence-electron chi connectivity index (χ3n) is 5.58. The van der Waals surface area contributed by atoms with Gasteiger partial charge in [0.25, 0.3) is 5.56 Å². The number of pyridine rings is 1. The summed E-state index contributed by atoms with van der Waals surface area (Å²) in [6, 6.07) is 15.3. The molecule has 0 radical (unpaired) electrons. The number of nitrogens with one attached hydrogen (secondary N) is 2. The Kier molecular flexibility index (Phi) is 6.27. The maximum atomic E-state index is 14.6. The van der Waals surface area contributed by atoms with E-state index >= 15 is 0 Å². The Morgan fingerprint density at radius 3 is 2.56 bits per heavy atom. The average molecular weight is 458 g/mol. The molecule has 4 N–H and O–H groups in total. The van der Waals surface area contributed by atoms with Gasteiger partial charge < -0.3 is 20.8 Å².